The highest BCUT2D eigenvalue weighted by molar-refractivity contribution is 6.30. The van der Waals surface area contributed by atoms with Gasteiger partial charge in [0.2, 0.25) is 5.91 Å². The van der Waals surface area contributed by atoms with Gasteiger partial charge in [-0.1, -0.05) is 32.4 Å². The highest BCUT2D eigenvalue weighted by Gasteiger charge is 2.37. The number of benzene rings is 1. The van der Waals surface area contributed by atoms with Gasteiger partial charge < -0.3 is 24.8 Å². The smallest absolute Gasteiger partial charge is 0.272 e. The number of aliphatic hydroxyl groups excluding tert-OH is 1. The predicted octanol–water partition coefficient (Wildman–Crippen LogP) is 3.16. The van der Waals surface area contributed by atoms with Gasteiger partial charge in [0.15, 0.2) is 5.69 Å². The fourth-order valence-corrected chi connectivity index (χ4v) is 4.52. The van der Waals surface area contributed by atoms with Crippen LogP contribution in [0.2, 0.25) is 5.02 Å². The highest BCUT2D eigenvalue weighted by atomic mass is 35.5. The second kappa shape index (κ2) is 11.1. The fourth-order valence-electron chi connectivity index (χ4n) is 4.35. The Bertz CT molecular complexity index is 1080. The number of aliphatic hydroxyl groups is 1. The number of hydrogen-bond acceptors (Lipinski definition) is 5. The molecule has 0 spiro atoms. The molecule has 2 heterocycles. The van der Waals surface area contributed by atoms with Crippen molar-refractivity contribution >= 4 is 23.4 Å². The lowest BCUT2D eigenvalue weighted by molar-refractivity contribution is -0.136. The molecule has 0 fully saturated rings. The number of hydrogen-bond donors (Lipinski definition) is 2. The molecule has 1 aromatic carbocycles. The summed E-state index contributed by atoms with van der Waals surface area (Å²) < 4.78 is 16.7. The lowest BCUT2D eigenvalue weighted by Gasteiger charge is -2.34. The summed E-state index contributed by atoms with van der Waals surface area (Å²) in [4.78, 5) is 35.1. The molecule has 2 N–H and O–H groups in total. The van der Waals surface area contributed by atoms with Crippen molar-refractivity contribution in [2.24, 2.45) is 5.41 Å². The van der Waals surface area contributed by atoms with Crippen LogP contribution in [0.5, 0.6) is 0 Å². The van der Waals surface area contributed by atoms with E-state index in [1.807, 2.05) is 39.3 Å². The third-order valence-corrected chi connectivity index (χ3v) is 6.48. The number of carbonyl (C=O) groups is 2. The van der Waals surface area contributed by atoms with E-state index in [1.165, 1.54) is 23.1 Å². The van der Waals surface area contributed by atoms with E-state index in [0.29, 0.717) is 36.2 Å². The molecule has 3 rings (SSSR count). The number of likely N-dealkylation sites (N-methyl/N-ethyl adjacent to an activating group) is 1. The number of rotatable bonds is 7. The summed E-state index contributed by atoms with van der Waals surface area (Å²) >= 11 is 6.15. The number of fused-ring (bicyclic) bond motifs is 1. The highest BCUT2D eigenvalue weighted by Crippen LogP contribution is 2.30. The van der Waals surface area contributed by atoms with E-state index in [0.717, 1.165) is 13.0 Å². The first-order valence-corrected chi connectivity index (χ1v) is 12.3. The summed E-state index contributed by atoms with van der Waals surface area (Å²) in [5.41, 5.74) is 0.469. The SMILES string of the molecule is CCN(CCO)C(=O)C(NC(=O)c1nc(-c2cc(Cl)ccc2F)n2c1CN(C)CCC2)C(C)(C)C. The molecule has 0 aliphatic carbocycles. The molecule has 2 aromatic rings. The van der Waals surface area contributed by atoms with Gasteiger partial charge in [0.25, 0.3) is 5.91 Å². The maximum atomic E-state index is 14.8. The Morgan fingerprint density at radius 2 is 2.03 bits per heavy atom. The van der Waals surface area contributed by atoms with Crippen molar-refractivity contribution in [3.63, 3.8) is 0 Å². The second-order valence-electron chi connectivity index (χ2n) is 10.0. The Hall–Kier alpha value is -2.49. The summed E-state index contributed by atoms with van der Waals surface area (Å²) in [6.07, 6.45) is 0.811. The maximum absolute atomic E-state index is 14.8. The summed E-state index contributed by atoms with van der Waals surface area (Å²) in [7, 11) is 1.96. The van der Waals surface area contributed by atoms with E-state index in [-0.39, 0.29) is 30.3 Å². The van der Waals surface area contributed by atoms with Gasteiger partial charge in [-0.2, -0.15) is 0 Å². The third-order valence-electron chi connectivity index (χ3n) is 6.25. The number of nitrogens with one attached hydrogen (secondary N) is 1. The van der Waals surface area contributed by atoms with E-state index in [2.05, 4.69) is 15.2 Å². The average molecular weight is 508 g/mol. The van der Waals surface area contributed by atoms with Crippen molar-refractivity contribution < 1.29 is 19.1 Å². The maximum Gasteiger partial charge on any atom is 0.272 e. The largest absolute Gasteiger partial charge is 0.395 e. The van der Waals surface area contributed by atoms with Gasteiger partial charge in [-0.05, 0) is 50.6 Å². The molecular weight excluding hydrogens is 473 g/mol. The van der Waals surface area contributed by atoms with Crippen LogP contribution in [0.3, 0.4) is 0 Å². The second-order valence-corrected chi connectivity index (χ2v) is 10.4. The number of nitrogens with zero attached hydrogens (tertiary/aromatic N) is 4. The van der Waals surface area contributed by atoms with Gasteiger partial charge in [-0.3, -0.25) is 9.59 Å². The van der Waals surface area contributed by atoms with Gasteiger partial charge in [0.05, 0.1) is 17.9 Å². The number of carbonyl (C=O) groups excluding carboxylic acids is 2. The standard InChI is InChI=1S/C25H35ClFN5O3/c1-6-31(12-13-33)24(35)21(25(2,3)4)29-23(34)20-19-15-30(5)10-7-11-32(19)22(28-20)17-14-16(26)8-9-18(17)27/h8-9,14,21,33H,6-7,10-13,15H2,1-5H3,(H,29,34). The van der Waals surface area contributed by atoms with Crippen LogP contribution in [0.25, 0.3) is 11.4 Å². The topological polar surface area (TPSA) is 90.7 Å². The van der Waals surface area contributed by atoms with Crippen LogP contribution in [0.1, 0.15) is 50.3 Å². The summed E-state index contributed by atoms with van der Waals surface area (Å²) in [6, 6.07) is 3.43. The first-order valence-electron chi connectivity index (χ1n) is 11.9. The zero-order valence-electron chi connectivity index (χ0n) is 21.1. The van der Waals surface area contributed by atoms with E-state index in [4.69, 9.17) is 11.6 Å². The van der Waals surface area contributed by atoms with Gasteiger partial charge in [0, 0.05) is 31.2 Å². The normalized spacial score (nSPS) is 15.3. The van der Waals surface area contributed by atoms with Crippen LogP contribution in [0.4, 0.5) is 4.39 Å². The Kier molecular flexibility index (Phi) is 8.56. The number of amides is 2. The molecule has 1 aromatic heterocycles. The van der Waals surface area contributed by atoms with E-state index in [1.54, 1.807) is 0 Å². The Balaban J connectivity index is 2.06. The van der Waals surface area contributed by atoms with Crippen molar-refractivity contribution in [2.45, 2.75) is 53.2 Å². The van der Waals surface area contributed by atoms with Gasteiger partial charge in [0.1, 0.15) is 17.7 Å². The Morgan fingerprint density at radius 1 is 1.31 bits per heavy atom. The van der Waals surface area contributed by atoms with E-state index < -0.39 is 23.2 Å². The number of imidazole rings is 1. The quantitative estimate of drug-likeness (QED) is 0.600. The molecule has 2 amide bonds. The van der Waals surface area contributed by atoms with E-state index >= 15 is 0 Å². The molecule has 0 bridgehead atoms. The minimum Gasteiger partial charge on any atom is -0.395 e. The molecule has 192 valence electrons. The molecule has 0 saturated heterocycles. The van der Waals surface area contributed by atoms with Crippen LogP contribution in [0.15, 0.2) is 18.2 Å². The summed E-state index contributed by atoms with van der Waals surface area (Å²) in [6.45, 7) is 9.71. The zero-order chi connectivity index (χ0) is 25.9. The monoisotopic (exact) mass is 507 g/mol. The van der Waals surface area contributed by atoms with Crippen molar-refractivity contribution in [1.82, 2.24) is 24.7 Å². The van der Waals surface area contributed by atoms with Crippen molar-refractivity contribution in [2.75, 3.05) is 33.3 Å². The third kappa shape index (κ3) is 6.02. The minimum absolute atomic E-state index is 0.167. The molecule has 0 saturated carbocycles. The Labute approximate surface area is 211 Å². The molecule has 0 radical (unpaired) electrons. The lowest BCUT2D eigenvalue weighted by atomic mass is 9.85. The average Bonchev–Trinajstić information content (AvgIpc) is 3.02. The van der Waals surface area contributed by atoms with Crippen molar-refractivity contribution in [3.8, 4) is 11.4 Å². The van der Waals surface area contributed by atoms with E-state index in [9.17, 15) is 19.1 Å². The van der Waals surface area contributed by atoms with Crippen LogP contribution in [0, 0.1) is 11.2 Å². The molecule has 1 atom stereocenters. The van der Waals surface area contributed by atoms with Crippen LogP contribution in [-0.2, 0) is 17.9 Å². The Morgan fingerprint density at radius 3 is 2.66 bits per heavy atom. The molecule has 10 heteroatoms. The predicted molar refractivity (Wildman–Crippen MR) is 134 cm³/mol. The molecule has 1 aliphatic rings. The van der Waals surface area contributed by atoms with Crippen LogP contribution in [-0.4, -0.2) is 75.6 Å². The first-order chi connectivity index (χ1) is 16.5. The van der Waals surface area contributed by atoms with Crippen LogP contribution < -0.4 is 5.32 Å². The van der Waals surface area contributed by atoms with Crippen molar-refractivity contribution in [1.29, 1.82) is 0 Å². The molecule has 8 nitrogen and oxygen atoms in total. The van der Waals surface area contributed by atoms with Crippen molar-refractivity contribution in [3.05, 3.63) is 40.4 Å². The number of aromatic nitrogens is 2. The lowest BCUT2D eigenvalue weighted by Crippen LogP contribution is -2.55. The molecule has 1 unspecified atom stereocenters. The summed E-state index contributed by atoms with van der Waals surface area (Å²) in [5.74, 6) is -0.899. The summed E-state index contributed by atoms with van der Waals surface area (Å²) in [5, 5.41) is 12.6. The molecule has 35 heavy (non-hydrogen) atoms. The van der Waals surface area contributed by atoms with Gasteiger partial charge in [-0.25, -0.2) is 9.37 Å². The number of halogens is 2. The first kappa shape index (κ1) is 27.1. The van der Waals surface area contributed by atoms with Crippen LogP contribution >= 0.6 is 11.6 Å². The van der Waals surface area contributed by atoms with Gasteiger partial charge >= 0.3 is 0 Å². The zero-order valence-corrected chi connectivity index (χ0v) is 21.8. The fraction of sp³-hybridized carbons (Fsp3) is 0.560. The molecule has 1 aliphatic heterocycles. The van der Waals surface area contributed by atoms with Gasteiger partial charge in [-0.15, -0.1) is 0 Å². The minimum atomic E-state index is -0.839. The molecular formula is C25H35ClFN5O3.